The molecule has 112 valence electrons. The van der Waals surface area contributed by atoms with Gasteiger partial charge in [0.25, 0.3) is 0 Å². The maximum Gasteiger partial charge on any atom is 0.142 e. The van der Waals surface area contributed by atoms with E-state index in [-0.39, 0.29) is 5.54 Å². The normalized spacial score (nSPS) is 19.4. The average Bonchev–Trinajstić information content (AvgIpc) is 2.85. The van der Waals surface area contributed by atoms with Gasteiger partial charge in [-0.15, -0.1) is 0 Å². The number of ether oxygens (including phenoxy) is 1. The van der Waals surface area contributed by atoms with Crippen molar-refractivity contribution in [2.24, 2.45) is 5.92 Å². The monoisotopic (exact) mass is 276 g/mol. The summed E-state index contributed by atoms with van der Waals surface area (Å²) in [4.78, 5) is 2.46. The van der Waals surface area contributed by atoms with E-state index in [9.17, 15) is 0 Å². The molecule has 0 radical (unpaired) electrons. The zero-order valence-corrected chi connectivity index (χ0v) is 13.3. The van der Waals surface area contributed by atoms with E-state index in [1.807, 2.05) is 13.0 Å². The van der Waals surface area contributed by atoms with E-state index in [1.54, 1.807) is 0 Å². The Morgan fingerprint density at radius 2 is 2.05 bits per heavy atom. The quantitative estimate of drug-likeness (QED) is 0.893. The molecule has 1 saturated heterocycles. The third-order valence-electron chi connectivity index (χ3n) is 3.71. The van der Waals surface area contributed by atoms with Gasteiger partial charge in [0.1, 0.15) is 5.75 Å². The van der Waals surface area contributed by atoms with E-state index < -0.39 is 0 Å². The molecule has 1 aliphatic rings. The Morgan fingerprint density at radius 3 is 2.75 bits per heavy atom. The Hall–Kier alpha value is -1.22. The fraction of sp³-hybridized carbons (Fsp3) is 0.647. The standard InChI is InChI=1S/C17H28N2O/c1-5-20-16-9-7-6-8-15(16)19-11-10-14(13-19)12-18-17(2,3)4/h6-9,14,18H,5,10-13H2,1-4H3. The Labute approximate surface area is 123 Å². The van der Waals surface area contributed by atoms with E-state index in [1.165, 1.54) is 12.1 Å². The summed E-state index contributed by atoms with van der Waals surface area (Å²) >= 11 is 0. The van der Waals surface area contributed by atoms with Crippen LogP contribution in [0.15, 0.2) is 24.3 Å². The highest BCUT2D eigenvalue weighted by atomic mass is 16.5. The van der Waals surface area contributed by atoms with Crippen LogP contribution in [0.5, 0.6) is 5.75 Å². The van der Waals surface area contributed by atoms with Crippen molar-refractivity contribution in [3.05, 3.63) is 24.3 Å². The van der Waals surface area contributed by atoms with E-state index in [0.29, 0.717) is 0 Å². The van der Waals surface area contributed by atoms with Crippen molar-refractivity contribution >= 4 is 5.69 Å². The van der Waals surface area contributed by atoms with Gasteiger partial charge in [0.05, 0.1) is 12.3 Å². The van der Waals surface area contributed by atoms with Gasteiger partial charge >= 0.3 is 0 Å². The number of anilines is 1. The molecule has 3 heteroatoms. The predicted molar refractivity (Wildman–Crippen MR) is 85.7 cm³/mol. The summed E-state index contributed by atoms with van der Waals surface area (Å²) < 4.78 is 5.74. The van der Waals surface area contributed by atoms with Crippen LogP contribution in [0.2, 0.25) is 0 Å². The van der Waals surface area contributed by atoms with Crippen molar-refractivity contribution in [2.75, 3.05) is 31.1 Å². The molecule has 1 heterocycles. The van der Waals surface area contributed by atoms with Crippen molar-refractivity contribution in [3.63, 3.8) is 0 Å². The molecule has 1 aromatic rings. The van der Waals surface area contributed by atoms with Crippen LogP contribution in [0.1, 0.15) is 34.1 Å². The number of hydrogen-bond donors (Lipinski definition) is 1. The molecule has 20 heavy (non-hydrogen) atoms. The zero-order valence-electron chi connectivity index (χ0n) is 13.3. The highest BCUT2D eigenvalue weighted by Gasteiger charge is 2.25. The van der Waals surface area contributed by atoms with Crippen LogP contribution in [0.4, 0.5) is 5.69 Å². The SMILES string of the molecule is CCOc1ccccc1N1CCC(CNC(C)(C)C)C1. The number of benzene rings is 1. The Bertz CT molecular complexity index is 425. The maximum absolute atomic E-state index is 5.74. The second-order valence-corrected chi connectivity index (χ2v) is 6.63. The smallest absolute Gasteiger partial charge is 0.142 e. The minimum absolute atomic E-state index is 0.205. The second kappa shape index (κ2) is 6.49. The Morgan fingerprint density at radius 1 is 1.30 bits per heavy atom. The first kappa shape index (κ1) is 15.2. The average molecular weight is 276 g/mol. The molecule has 1 fully saturated rings. The molecule has 0 amide bonds. The van der Waals surface area contributed by atoms with Crippen LogP contribution in [0.3, 0.4) is 0 Å². The summed E-state index contributed by atoms with van der Waals surface area (Å²) in [6.45, 7) is 12.8. The van der Waals surface area contributed by atoms with E-state index in [4.69, 9.17) is 4.74 Å². The molecule has 0 bridgehead atoms. The van der Waals surface area contributed by atoms with Crippen molar-refractivity contribution < 1.29 is 4.74 Å². The maximum atomic E-state index is 5.74. The fourth-order valence-corrected chi connectivity index (χ4v) is 2.66. The Kier molecular flexibility index (Phi) is 4.92. The lowest BCUT2D eigenvalue weighted by atomic mass is 10.1. The first-order valence-corrected chi connectivity index (χ1v) is 7.71. The molecule has 1 atom stereocenters. The first-order valence-electron chi connectivity index (χ1n) is 7.71. The van der Waals surface area contributed by atoms with Crippen molar-refractivity contribution in [2.45, 2.75) is 39.7 Å². The highest BCUT2D eigenvalue weighted by Crippen LogP contribution is 2.32. The van der Waals surface area contributed by atoms with Crippen molar-refractivity contribution in [1.29, 1.82) is 0 Å². The van der Waals surface area contributed by atoms with Crippen LogP contribution < -0.4 is 15.0 Å². The molecule has 1 aliphatic heterocycles. The van der Waals surface area contributed by atoms with Gasteiger partial charge < -0.3 is 15.0 Å². The Balaban J connectivity index is 1.95. The van der Waals surface area contributed by atoms with Gasteiger partial charge in [-0.3, -0.25) is 0 Å². The summed E-state index contributed by atoms with van der Waals surface area (Å²) in [5, 5.41) is 3.62. The first-order chi connectivity index (χ1) is 9.49. The fourth-order valence-electron chi connectivity index (χ4n) is 2.66. The molecule has 0 saturated carbocycles. The van der Waals surface area contributed by atoms with Crippen LogP contribution in [-0.4, -0.2) is 31.8 Å². The third kappa shape index (κ3) is 4.14. The summed E-state index contributed by atoms with van der Waals surface area (Å²) in [6.07, 6.45) is 1.25. The van der Waals surface area contributed by atoms with Gasteiger partial charge in [0, 0.05) is 25.2 Å². The summed E-state index contributed by atoms with van der Waals surface area (Å²) in [7, 11) is 0. The molecule has 0 aromatic heterocycles. The molecule has 2 rings (SSSR count). The van der Waals surface area contributed by atoms with Gasteiger partial charge in [-0.05, 0) is 52.2 Å². The second-order valence-electron chi connectivity index (χ2n) is 6.63. The molecule has 0 spiro atoms. The van der Waals surface area contributed by atoms with Crippen LogP contribution in [-0.2, 0) is 0 Å². The topological polar surface area (TPSA) is 24.5 Å². The third-order valence-corrected chi connectivity index (χ3v) is 3.71. The van der Waals surface area contributed by atoms with E-state index in [2.05, 4.69) is 49.2 Å². The zero-order chi connectivity index (χ0) is 14.6. The number of nitrogens with zero attached hydrogens (tertiary/aromatic N) is 1. The lowest BCUT2D eigenvalue weighted by molar-refractivity contribution is 0.340. The van der Waals surface area contributed by atoms with Gasteiger partial charge in [0.15, 0.2) is 0 Å². The largest absolute Gasteiger partial charge is 0.492 e. The minimum atomic E-state index is 0.205. The number of para-hydroxylation sites is 2. The van der Waals surface area contributed by atoms with Crippen LogP contribution in [0.25, 0.3) is 0 Å². The molecule has 1 N–H and O–H groups in total. The van der Waals surface area contributed by atoms with Crippen molar-refractivity contribution in [3.8, 4) is 5.75 Å². The van der Waals surface area contributed by atoms with Gasteiger partial charge in [-0.1, -0.05) is 12.1 Å². The minimum Gasteiger partial charge on any atom is -0.492 e. The highest BCUT2D eigenvalue weighted by molar-refractivity contribution is 5.59. The number of hydrogen-bond acceptors (Lipinski definition) is 3. The molecule has 3 nitrogen and oxygen atoms in total. The molecular formula is C17H28N2O. The lowest BCUT2D eigenvalue weighted by Crippen LogP contribution is -2.39. The van der Waals surface area contributed by atoms with Gasteiger partial charge in [-0.25, -0.2) is 0 Å². The summed E-state index contributed by atoms with van der Waals surface area (Å²) in [6, 6.07) is 8.38. The lowest BCUT2D eigenvalue weighted by Gasteiger charge is -2.24. The van der Waals surface area contributed by atoms with Gasteiger partial charge in [-0.2, -0.15) is 0 Å². The molecule has 0 aliphatic carbocycles. The van der Waals surface area contributed by atoms with E-state index in [0.717, 1.165) is 37.9 Å². The van der Waals surface area contributed by atoms with Gasteiger partial charge in [0.2, 0.25) is 0 Å². The number of rotatable bonds is 5. The van der Waals surface area contributed by atoms with E-state index >= 15 is 0 Å². The van der Waals surface area contributed by atoms with Crippen molar-refractivity contribution in [1.82, 2.24) is 5.32 Å². The summed E-state index contributed by atoms with van der Waals surface area (Å²) in [5.41, 5.74) is 1.45. The molecular weight excluding hydrogens is 248 g/mol. The van der Waals surface area contributed by atoms with Crippen LogP contribution in [0, 0.1) is 5.92 Å². The van der Waals surface area contributed by atoms with Crippen LogP contribution >= 0.6 is 0 Å². The predicted octanol–water partition coefficient (Wildman–Crippen LogP) is 3.30. The molecule has 1 unspecified atom stereocenters. The summed E-state index contributed by atoms with van der Waals surface area (Å²) in [5.74, 6) is 1.74. The molecule has 1 aromatic carbocycles. The number of nitrogens with one attached hydrogen (secondary N) is 1.